The van der Waals surface area contributed by atoms with Crippen LogP contribution in [0.5, 0.6) is 5.75 Å². The fourth-order valence-electron chi connectivity index (χ4n) is 3.37. The molecule has 0 aromatic heterocycles. The van der Waals surface area contributed by atoms with Gasteiger partial charge in [0.15, 0.2) is 0 Å². The number of hydrogen-bond acceptors (Lipinski definition) is 4. The van der Waals surface area contributed by atoms with E-state index in [1.807, 2.05) is 13.0 Å². The van der Waals surface area contributed by atoms with Gasteiger partial charge in [-0.2, -0.15) is 0 Å². The molecule has 8 heteroatoms. The Balaban J connectivity index is 1.83. The first-order valence-corrected chi connectivity index (χ1v) is 11.4. The predicted molar refractivity (Wildman–Crippen MR) is 113 cm³/mol. The largest absolute Gasteiger partial charge is 0.494 e. The molecule has 1 heterocycles. The van der Waals surface area contributed by atoms with Crippen LogP contribution in [0.2, 0.25) is 5.02 Å². The minimum Gasteiger partial charge on any atom is -0.494 e. The van der Waals surface area contributed by atoms with Gasteiger partial charge in [-0.25, -0.2) is 8.42 Å². The van der Waals surface area contributed by atoms with Gasteiger partial charge in [-0.1, -0.05) is 11.6 Å². The van der Waals surface area contributed by atoms with Gasteiger partial charge in [-0.15, -0.1) is 0 Å². The summed E-state index contributed by atoms with van der Waals surface area (Å²) in [5.74, 6) is 0.640. The number of rotatable bonds is 7. The molecule has 2 aromatic rings. The zero-order valence-electron chi connectivity index (χ0n) is 16.2. The van der Waals surface area contributed by atoms with E-state index in [0.29, 0.717) is 23.1 Å². The van der Waals surface area contributed by atoms with Gasteiger partial charge in [0.05, 0.1) is 55.6 Å². The first kappa shape index (κ1) is 20.8. The van der Waals surface area contributed by atoms with E-state index in [4.69, 9.17) is 16.3 Å². The van der Waals surface area contributed by atoms with Crippen molar-refractivity contribution in [3.63, 3.8) is 0 Å². The Bertz CT molecular complexity index is 895. The molecule has 1 saturated heterocycles. The van der Waals surface area contributed by atoms with Gasteiger partial charge < -0.3 is 14.5 Å². The first-order valence-electron chi connectivity index (χ1n) is 9.56. The van der Waals surface area contributed by atoms with Crippen LogP contribution >= 0.6 is 11.6 Å². The summed E-state index contributed by atoms with van der Waals surface area (Å²) in [6, 6.07) is 11.7. The third-order valence-corrected chi connectivity index (χ3v) is 6.58. The van der Waals surface area contributed by atoms with Gasteiger partial charge in [-0.05, 0) is 56.3 Å². The molecular formula is C20H27ClN3O3S+. The van der Waals surface area contributed by atoms with Crippen LogP contribution in [0.15, 0.2) is 47.4 Å². The Morgan fingerprint density at radius 2 is 1.79 bits per heavy atom. The highest BCUT2D eigenvalue weighted by Crippen LogP contribution is 2.31. The van der Waals surface area contributed by atoms with E-state index in [1.54, 1.807) is 41.3 Å². The van der Waals surface area contributed by atoms with Gasteiger partial charge in [0.1, 0.15) is 5.75 Å². The molecule has 1 aliphatic heterocycles. The summed E-state index contributed by atoms with van der Waals surface area (Å²) in [6.07, 6.45) is 0. The molecular weight excluding hydrogens is 398 g/mol. The van der Waals surface area contributed by atoms with Gasteiger partial charge >= 0.3 is 0 Å². The molecule has 0 amide bonds. The van der Waals surface area contributed by atoms with Crippen molar-refractivity contribution in [1.29, 1.82) is 0 Å². The summed E-state index contributed by atoms with van der Waals surface area (Å²) < 4.78 is 33.9. The number of likely N-dealkylation sites (N-methyl/N-ethyl adjacent to an activating group) is 1. The number of sulfonamides is 1. The quantitative estimate of drug-likeness (QED) is 0.715. The van der Waals surface area contributed by atoms with E-state index in [9.17, 15) is 8.42 Å². The van der Waals surface area contributed by atoms with E-state index in [2.05, 4.69) is 16.5 Å². The van der Waals surface area contributed by atoms with Crippen LogP contribution in [0.3, 0.4) is 0 Å². The average Bonchev–Trinajstić information content (AvgIpc) is 2.69. The third kappa shape index (κ3) is 4.90. The van der Waals surface area contributed by atoms with Crippen LogP contribution < -0.4 is 19.3 Å². The van der Waals surface area contributed by atoms with Crippen LogP contribution in [0.4, 0.5) is 11.4 Å². The summed E-state index contributed by atoms with van der Waals surface area (Å²) in [4.78, 5) is 3.95. The number of anilines is 2. The van der Waals surface area contributed by atoms with Crippen LogP contribution in [-0.2, 0) is 10.0 Å². The highest BCUT2D eigenvalue weighted by Gasteiger charge is 2.23. The maximum atomic E-state index is 12.9. The number of ether oxygens (including phenoxy) is 1. The summed E-state index contributed by atoms with van der Waals surface area (Å²) >= 11 is 6.16. The van der Waals surface area contributed by atoms with Crippen molar-refractivity contribution in [3.8, 4) is 5.75 Å². The topological polar surface area (TPSA) is 63.1 Å². The van der Waals surface area contributed by atoms with Crippen molar-refractivity contribution >= 4 is 33.0 Å². The molecule has 2 aromatic carbocycles. The summed E-state index contributed by atoms with van der Waals surface area (Å²) in [7, 11) is -3.73. The van der Waals surface area contributed by atoms with E-state index in [0.717, 1.165) is 38.4 Å². The molecule has 0 bridgehead atoms. The van der Waals surface area contributed by atoms with E-state index >= 15 is 0 Å². The maximum absolute atomic E-state index is 12.9. The summed E-state index contributed by atoms with van der Waals surface area (Å²) in [5.41, 5.74) is 1.36. The lowest BCUT2D eigenvalue weighted by atomic mass is 10.2. The molecule has 3 rings (SSSR count). The lowest BCUT2D eigenvalue weighted by Gasteiger charge is -2.34. The lowest BCUT2D eigenvalue weighted by Crippen LogP contribution is -3.14. The number of quaternary nitrogens is 1. The monoisotopic (exact) mass is 424 g/mol. The second kappa shape index (κ2) is 9.03. The normalized spacial score (nSPS) is 15.5. The van der Waals surface area contributed by atoms with E-state index < -0.39 is 10.0 Å². The standard InChI is InChI=1S/C20H26ClN3O3S/c1-3-23-11-13-24(14-12-23)20-10-5-16(21)15-19(20)22-28(25,26)18-8-6-17(7-9-18)27-4-2/h5-10,15,22H,3-4,11-14H2,1-2H3/p+1. The minimum absolute atomic E-state index is 0.183. The maximum Gasteiger partial charge on any atom is 0.261 e. The molecule has 6 nitrogen and oxygen atoms in total. The molecule has 0 saturated carbocycles. The number of hydrogen-bond donors (Lipinski definition) is 2. The molecule has 0 unspecified atom stereocenters. The number of benzene rings is 2. The molecule has 1 fully saturated rings. The molecule has 2 N–H and O–H groups in total. The van der Waals surface area contributed by atoms with E-state index in [1.165, 1.54) is 0 Å². The van der Waals surface area contributed by atoms with Gasteiger partial charge in [0.2, 0.25) is 0 Å². The Labute approximate surface area is 172 Å². The number of nitrogens with one attached hydrogen (secondary N) is 2. The lowest BCUT2D eigenvalue weighted by molar-refractivity contribution is -0.898. The van der Waals surface area contributed by atoms with Crippen molar-refractivity contribution in [2.24, 2.45) is 0 Å². The minimum atomic E-state index is -3.73. The highest BCUT2D eigenvalue weighted by atomic mass is 35.5. The predicted octanol–water partition coefficient (Wildman–Crippen LogP) is 2.26. The molecule has 0 aliphatic carbocycles. The Morgan fingerprint density at radius 3 is 2.39 bits per heavy atom. The Hall–Kier alpha value is -1.96. The Morgan fingerprint density at radius 1 is 1.11 bits per heavy atom. The van der Waals surface area contributed by atoms with Crippen LogP contribution in [-0.4, -0.2) is 47.7 Å². The van der Waals surface area contributed by atoms with Crippen molar-refractivity contribution in [2.45, 2.75) is 18.7 Å². The molecule has 152 valence electrons. The van der Waals surface area contributed by atoms with Crippen molar-refractivity contribution in [3.05, 3.63) is 47.5 Å². The number of nitrogens with zero attached hydrogens (tertiary/aromatic N) is 1. The van der Waals surface area contributed by atoms with Crippen LogP contribution in [0, 0.1) is 0 Å². The molecule has 28 heavy (non-hydrogen) atoms. The van der Waals surface area contributed by atoms with Crippen molar-refractivity contribution < 1.29 is 18.1 Å². The Kier molecular flexibility index (Phi) is 6.69. The van der Waals surface area contributed by atoms with Crippen LogP contribution in [0.25, 0.3) is 0 Å². The van der Waals surface area contributed by atoms with E-state index in [-0.39, 0.29) is 4.90 Å². The fraction of sp³-hybridized carbons (Fsp3) is 0.400. The highest BCUT2D eigenvalue weighted by molar-refractivity contribution is 7.92. The SMILES string of the molecule is CCOc1ccc(S(=O)(=O)Nc2cc(Cl)ccc2N2CC[NH+](CC)CC2)cc1. The zero-order valence-corrected chi connectivity index (χ0v) is 17.8. The summed E-state index contributed by atoms with van der Waals surface area (Å²) in [5, 5.41) is 0.492. The molecule has 0 spiro atoms. The average molecular weight is 425 g/mol. The number of halogens is 1. The van der Waals surface area contributed by atoms with Gasteiger partial charge in [0, 0.05) is 5.02 Å². The second-order valence-electron chi connectivity index (χ2n) is 6.76. The smallest absolute Gasteiger partial charge is 0.261 e. The van der Waals surface area contributed by atoms with Crippen molar-refractivity contribution in [1.82, 2.24) is 0 Å². The fourth-order valence-corrected chi connectivity index (χ4v) is 4.61. The third-order valence-electron chi connectivity index (χ3n) is 4.96. The second-order valence-corrected chi connectivity index (χ2v) is 8.88. The molecule has 1 aliphatic rings. The van der Waals surface area contributed by atoms with Gasteiger partial charge in [-0.3, -0.25) is 4.72 Å². The summed E-state index contributed by atoms with van der Waals surface area (Å²) in [6.45, 7) is 9.52. The van der Waals surface area contributed by atoms with Gasteiger partial charge in [0.25, 0.3) is 10.0 Å². The first-order chi connectivity index (χ1) is 13.4. The molecule has 0 radical (unpaired) electrons. The van der Waals surface area contributed by atoms with Crippen LogP contribution in [0.1, 0.15) is 13.8 Å². The number of piperazine rings is 1. The van der Waals surface area contributed by atoms with Crippen molar-refractivity contribution in [2.75, 3.05) is 49.0 Å². The zero-order chi connectivity index (χ0) is 20.1. The molecule has 0 atom stereocenters.